The van der Waals surface area contributed by atoms with Crippen molar-refractivity contribution in [1.82, 2.24) is 15.2 Å². The molecule has 2 atom stereocenters. The Hall–Kier alpha value is -0.430. The summed E-state index contributed by atoms with van der Waals surface area (Å²) in [6.45, 7) is 2.50. The van der Waals surface area contributed by atoms with E-state index >= 15 is 0 Å². The molecule has 3 rings (SSSR count). The van der Waals surface area contributed by atoms with Gasteiger partial charge < -0.3 is 10.2 Å². The van der Waals surface area contributed by atoms with Crippen LogP contribution in [0.1, 0.15) is 11.6 Å². The lowest BCUT2D eigenvalue weighted by molar-refractivity contribution is -0.133. The van der Waals surface area contributed by atoms with Crippen LogP contribution < -0.4 is 5.32 Å². The minimum atomic E-state index is 0. The number of halogens is 1. The van der Waals surface area contributed by atoms with Crippen LogP contribution in [0.4, 0.5) is 0 Å². The van der Waals surface area contributed by atoms with E-state index in [1.807, 2.05) is 35.8 Å². The van der Waals surface area contributed by atoms with Gasteiger partial charge in [-0.2, -0.15) is 11.8 Å². The Morgan fingerprint density at radius 1 is 1.43 bits per heavy atom. The number of hydrogen-bond donors (Lipinski definition) is 1. The van der Waals surface area contributed by atoms with Gasteiger partial charge in [0.1, 0.15) is 0 Å². The molecule has 1 N–H and O–H groups in total. The second-order valence-corrected chi connectivity index (χ2v) is 7.43. The van der Waals surface area contributed by atoms with Crippen molar-refractivity contribution in [1.29, 1.82) is 0 Å². The largest absolute Gasteiger partial charge is 0.332 e. The topological polar surface area (TPSA) is 45.2 Å². The molecule has 7 heteroatoms. The van der Waals surface area contributed by atoms with Crippen molar-refractivity contribution in [3.8, 4) is 0 Å². The summed E-state index contributed by atoms with van der Waals surface area (Å²) in [7, 11) is 0. The predicted molar refractivity (Wildman–Crippen MR) is 92.4 cm³/mol. The van der Waals surface area contributed by atoms with Crippen molar-refractivity contribution in [2.75, 3.05) is 36.9 Å². The van der Waals surface area contributed by atoms with Gasteiger partial charge in [0, 0.05) is 49.3 Å². The van der Waals surface area contributed by atoms with Gasteiger partial charge in [-0.3, -0.25) is 9.78 Å². The van der Waals surface area contributed by atoms with Crippen LogP contribution in [-0.2, 0) is 4.79 Å². The van der Waals surface area contributed by atoms with Crippen molar-refractivity contribution in [2.24, 2.45) is 0 Å². The number of aromatic nitrogens is 1. The zero-order valence-corrected chi connectivity index (χ0v) is 14.2. The van der Waals surface area contributed by atoms with Crippen LogP contribution >= 0.6 is 35.9 Å². The van der Waals surface area contributed by atoms with E-state index in [4.69, 9.17) is 0 Å². The summed E-state index contributed by atoms with van der Waals surface area (Å²) in [6.07, 6.45) is 3.65. The highest BCUT2D eigenvalue weighted by atomic mass is 35.5. The number of nitrogens with zero attached hydrogens (tertiary/aromatic N) is 2. The minimum Gasteiger partial charge on any atom is -0.332 e. The van der Waals surface area contributed by atoms with Crippen molar-refractivity contribution < 1.29 is 4.79 Å². The van der Waals surface area contributed by atoms with Crippen molar-refractivity contribution in [2.45, 2.75) is 11.3 Å². The highest BCUT2D eigenvalue weighted by Crippen LogP contribution is 2.29. The van der Waals surface area contributed by atoms with E-state index in [1.165, 1.54) is 5.75 Å². The number of piperazine rings is 1. The Labute approximate surface area is 140 Å². The van der Waals surface area contributed by atoms with Gasteiger partial charge in [0.15, 0.2) is 0 Å². The molecule has 1 aromatic rings. The Morgan fingerprint density at radius 3 is 3.05 bits per heavy atom. The molecule has 0 bridgehead atoms. The molecule has 0 aliphatic carbocycles. The number of rotatable bonds is 2. The number of carbonyl (C=O) groups excluding carboxylic acids is 1. The predicted octanol–water partition coefficient (Wildman–Crippen LogP) is 1.82. The molecule has 2 aliphatic heterocycles. The fourth-order valence-electron chi connectivity index (χ4n) is 2.65. The maximum atomic E-state index is 12.8. The lowest BCUT2D eigenvalue weighted by Gasteiger charge is -2.38. The van der Waals surface area contributed by atoms with Gasteiger partial charge in [-0.1, -0.05) is 6.07 Å². The number of carbonyl (C=O) groups is 1. The Balaban J connectivity index is 0.00000161. The monoisotopic (exact) mass is 345 g/mol. The maximum absolute atomic E-state index is 12.8. The Kier molecular flexibility index (Phi) is 6.67. The van der Waals surface area contributed by atoms with Gasteiger partial charge in [-0.05, 0) is 11.6 Å². The van der Waals surface area contributed by atoms with E-state index in [0.29, 0.717) is 5.91 Å². The second-order valence-electron chi connectivity index (χ2n) is 4.97. The van der Waals surface area contributed by atoms with Gasteiger partial charge in [0.05, 0.1) is 11.3 Å². The van der Waals surface area contributed by atoms with Crippen LogP contribution in [0.5, 0.6) is 0 Å². The highest BCUT2D eigenvalue weighted by Gasteiger charge is 2.33. The quantitative estimate of drug-likeness (QED) is 0.886. The fraction of sp³-hybridized carbons (Fsp3) is 0.571. The molecular formula is C14H20ClN3OS2. The van der Waals surface area contributed by atoms with E-state index in [2.05, 4.69) is 21.3 Å². The summed E-state index contributed by atoms with van der Waals surface area (Å²) in [5, 5.41) is 3.52. The van der Waals surface area contributed by atoms with Crippen LogP contribution in [0.15, 0.2) is 24.5 Å². The Morgan fingerprint density at radius 2 is 2.33 bits per heavy atom. The van der Waals surface area contributed by atoms with Gasteiger partial charge in [0.25, 0.3) is 0 Å². The molecule has 2 aliphatic rings. The molecule has 3 heterocycles. The van der Waals surface area contributed by atoms with Gasteiger partial charge in [-0.25, -0.2) is 0 Å². The van der Waals surface area contributed by atoms with Gasteiger partial charge >= 0.3 is 0 Å². The van der Waals surface area contributed by atoms with Gasteiger partial charge in [0.2, 0.25) is 5.91 Å². The number of amides is 1. The number of pyridine rings is 1. The number of thioether (sulfide) groups is 2. The average Bonchev–Trinajstić information content (AvgIpc) is 2.56. The molecule has 0 radical (unpaired) electrons. The molecule has 0 saturated carbocycles. The van der Waals surface area contributed by atoms with Crippen LogP contribution in [0.2, 0.25) is 0 Å². The van der Waals surface area contributed by atoms with Crippen LogP contribution in [0.25, 0.3) is 0 Å². The molecule has 1 amide bonds. The SMILES string of the molecule is Cl.O=C(C1CSCCS1)N1CCNCC1c1cccnc1. The molecule has 4 nitrogen and oxygen atoms in total. The first kappa shape index (κ1) is 16.9. The van der Waals surface area contributed by atoms with Crippen molar-refractivity contribution in [3.05, 3.63) is 30.1 Å². The smallest absolute Gasteiger partial charge is 0.237 e. The van der Waals surface area contributed by atoms with E-state index in [1.54, 1.807) is 6.20 Å². The summed E-state index contributed by atoms with van der Waals surface area (Å²) in [5.74, 6) is 3.51. The number of hydrogen-bond acceptors (Lipinski definition) is 5. The third-order valence-electron chi connectivity index (χ3n) is 3.69. The first-order chi connectivity index (χ1) is 9.86. The normalized spacial score (nSPS) is 26.0. The molecule has 1 aromatic heterocycles. The van der Waals surface area contributed by atoms with E-state index in [9.17, 15) is 4.79 Å². The summed E-state index contributed by atoms with van der Waals surface area (Å²) >= 11 is 3.71. The fourth-order valence-corrected chi connectivity index (χ4v) is 5.27. The molecule has 0 aromatic carbocycles. The van der Waals surface area contributed by atoms with E-state index < -0.39 is 0 Å². The molecule has 2 saturated heterocycles. The third-order valence-corrected chi connectivity index (χ3v) is 6.43. The molecular weight excluding hydrogens is 326 g/mol. The van der Waals surface area contributed by atoms with Crippen LogP contribution in [0, 0.1) is 0 Å². The summed E-state index contributed by atoms with van der Waals surface area (Å²) in [6, 6.07) is 4.13. The summed E-state index contributed by atoms with van der Waals surface area (Å²) in [5.41, 5.74) is 1.13. The highest BCUT2D eigenvalue weighted by molar-refractivity contribution is 8.07. The third kappa shape index (κ3) is 4.06. The van der Waals surface area contributed by atoms with E-state index in [-0.39, 0.29) is 23.7 Å². The molecule has 0 spiro atoms. The molecule has 2 unspecified atom stereocenters. The summed E-state index contributed by atoms with van der Waals surface area (Å²) in [4.78, 5) is 19.0. The van der Waals surface area contributed by atoms with Crippen LogP contribution in [0.3, 0.4) is 0 Å². The zero-order valence-electron chi connectivity index (χ0n) is 11.7. The lowest BCUT2D eigenvalue weighted by Crippen LogP contribution is -2.51. The van der Waals surface area contributed by atoms with Gasteiger partial charge in [-0.15, -0.1) is 24.2 Å². The zero-order chi connectivity index (χ0) is 13.8. The summed E-state index contributed by atoms with van der Waals surface area (Å²) < 4.78 is 0. The average molecular weight is 346 g/mol. The molecule has 2 fully saturated rings. The first-order valence-corrected chi connectivity index (χ1v) is 9.17. The van der Waals surface area contributed by atoms with Crippen LogP contribution in [-0.4, -0.2) is 57.9 Å². The molecule has 116 valence electrons. The first-order valence-electron chi connectivity index (χ1n) is 6.97. The maximum Gasteiger partial charge on any atom is 0.237 e. The molecule has 21 heavy (non-hydrogen) atoms. The van der Waals surface area contributed by atoms with Crippen molar-refractivity contribution >= 4 is 41.8 Å². The van der Waals surface area contributed by atoms with Crippen molar-refractivity contribution in [3.63, 3.8) is 0 Å². The number of nitrogens with one attached hydrogen (secondary N) is 1. The standard InChI is InChI=1S/C14H19N3OS2.ClH/c18-14(13-10-19-6-7-20-13)17-5-4-16-9-12(17)11-2-1-3-15-8-11;/h1-3,8,12-13,16H,4-7,9-10H2;1H. The second kappa shape index (κ2) is 8.27. The Bertz CT molecular complexity index is 457. The minimum absolute atomic E-state index is 0. The lowest BCUT2D eigenvalue weighted by atomic mass is 10.0. The van der Waals surface area contributed by atoms with E-state index in [0.717, 1.165) is 36.7 Å².